The van der Waals surface area contributed by atoms with Gasteiger partial charge in [0.1, 0.15) is 0 Å². The van der Waals surface area contributed by atoms with Crippen molar-refractivity contribution in [2.75, 3.05) is 0 Å². The molecule has 1 saturated carbocycles. The van der Waals surface area contributed by atoms with Crippen LogP contribution in [0.5, 0.6) is 0 Å². The van der Waals surface area contributed by atoms with Gasteiger partial charge in [0, 0.05) is 11.8 Å². The van der Waals surface area contributed by atoms with Crippen LogP contribution in [0.25, 0.3) is 0 Å². The number of hydrogen-bond donors (Lipinski definition) is 0. The van der Waals surface area contributed by atoms with Crippen molar-refractivity contribution in [3.8, 4) is 6.07 Å². The maximum Gasteiger partial charge on any atom is 0.0670 e. The van der Waals surface area contributed by atoms with E-state index in [1.165, 1.54) is 32.1 Å². The van der Waals surface area contributed by atoms with Gasteiger partial charge in [-0.15, -0.1) is 0 Å². The van der Waals surface area contributed by atoms with Crippen LogP contribution in [-0.4, -0.2) is 9.78 Å². The smallest absolute Gasteiger partial charge is 0.0670 e. The Morgan fingerprint density at radius 1 is 1.43 bits per heavy atom. The van der Waals surface area contributed by atoms with E-state index < -0.39 is 0 Å². The zero-order valence-corrected chi connectivity index (χ0v) is 8.32. The molecule has 1 aromatic heterocycles. The van der Waals surface area contributed by atoms with Crippen LogP contribution < -0.4 is 0 Å². The van der Waals surface area contributed by atoms with Gasteiger partial charge in [0.15, 0.2) is 0 Å². The number of hydrogen-bond acceptors (Lipinski definition) is 2. The number of nitriles is 1. The van der Waals surface area contributed by atoms with Crippen LogP contribution in [0.15, 0.2) is 12.4 Å². The van der Waals surface area contributed by atoms with Gasteiger partial charge in [0.05, 0.1) is 24.7 Å². The lowest BCUT2D eigenvalue weighted by Gasteiger charge is -2.21. The molecule has 0 radical (unpaired) electrons. The van der Waals surface area contributed by atoms with Crippen molar-refractivity contribution in [1.29, 1.82) is 5.26 Å². The van der Waals surface area contributed by atoms with Gasteiger partial charge in [-0.25, -0.2) is 0 Å². The topological polar surface area (TPSA) is 41.6 Å². The summed E-state index contributed by atoms with van der Waals surface area (Å²) in [4.78, 5) is 0. The fourth-order valence-corrected chi connectivity index (χ4v) is 2.11. The van der Waals surface area contributed by atoms with Gasteiger partial charge in [-0.1, -0.05) is 19.3 Å². The second-order valence-corrected chi connectivity index (χ2v) is 3.96. The molecule has 3 heteroatoms. The quantitative estimate of drug-likeness (QED) is 0.717. The lowest BCUT2D eigenvalue weighted by Crippen LogP contribution is -2.12. The molecule has 3 nitrogen and oxygen atoms in total. The van der Waals surface area contributed by atoms with Crippen molar-refractivity contribution >= 4 is 0 Å². The summed E-state index contributed by atoms with van der Waals surface area (Å²) in [5, 5.41) is 12.9. The number of rotatable bonds is 2. The first-order chi connectivity index (χ1) is 6.90. The standard InChI is InChI=1S/C11H15N3/c12-7-6-10-8-13-14(9-10)11-4-2-1-3-5-11/h8-9,11H,1-6H2. The molecule has 0 amide bonds. The van der Waals surface area contributed by atoms with Crippen LogP contribution in [0, 0.1) is 11.3 Å². The van der Waals surface area contributed by atoms with E-state index in [1.54, 1.807) is 0 Å². The first-order valence-electron chi connectivity index (χ1n) is 5.30. The van der Waals surface area contributed by atoms with Gasteiger partial charge in [0.25, 0.3) is 0 Å². The normalized spacial score (nSPS) is 17.9. The summed E-state index contributed by atoms with van der Waals surface area (Å²) in [6, 6.07) is 2.73. The average molecular weight is 189 g/mol. The highest BCUT2D eigenvalue weighted by molar-refractivity contribution is 5.09. The third-order valence-corrected chi connectivity index (χ3v) is 2.89. The Kier molecular flexibility index (Phi) is 2.83. The number of aromatic nitrogens is 2. The third-order valence-electron chi connectivity index (χ3n) is 2.89. The number of nitrogens with zero attached hydrogens (tertiary/aromatic N) is 3. The molecule has 0 unspecified atom stereocenters. The van der Waals surface area contributed by atoms with Gasteiger partial charge in [-0.05, 0) is 12.8 Å². The first kappa shape index (κ1) is 9.26. The minimum atomic E-state index is 0.479. The van der Waals surface area contributed by atoms with E-state index in [0.29, 0.717) is 12.5 Å². The minimum Gasteiger partial charge on any atom is -0.269 e. The van der Waals surface area contributed by atoms with Gasteiger partial charge in [0.2, 0.25) is 0 Å². The van der Waals surface area contributed by atoms with Gasteiger partial charge >= 0.3 is 0 Å². The molecule has 0 spiro atoms. The Labute approximate surface area is 84.3 Å². The molecule has 0 atom stereocenters. The molecular weight excluding hydrogens is 174 g/mol. The molecule has 14 heavy (non-hydrogen) atoms. The highest BCUT2D eigenvalue weighted by Gasteiger charge is 2.15. The molecule has 0 N–H and O–H groups in total. The summed E-state index contributed by atoms with van der Waals surface area (Å²) in [6.07, 6.45) is 10.8. The molecule has 1 aliphatic rings. The van der Waals surface area contributed by atoms with Crippen molar-refractivity contribution in [3.63, 3.8) is 0 Å². The predicted octanol–water partition coefficient (Wildman–Crippen LogP) is 2.45. The zero-order valence-electron chi connectivity index (χ0n) is 8.32. The molecule has 0 bridgehead atoms. The van der Waals surface area contributed by atoms with Crippen molar-refractivity contribution in [2.45, 2.75) is 44.6 Å². The van der Waals surface area contributed by atoms with Crippen LogP contribution in [0.3, 0.4) is 0 Å². The summed E-state index contributed by atoms with van der Waals surface area (Å²) in [7, 11) is 0. The predicted molar refractivity (Wildman–Crippen MR) is 53.7 cm³/mol. The lowest BCUT2D eigenvalue weighted by atomic mass is 9.96. The van der Waals surface area contributed by atoms with Crippen LogP contribution >= 0.6 is 0 Å². The summed E-state index contributed by atoms with van der Waals surface area (Å²) in [5.41, 5.74) is 1.04. The Bertz CT molecular complexity index is 329. The summed E-state index contributed by atoms with van der Waals surface area (Å²) in [6.45, 7) is 0. The highest BCUT2D eigenvalue weighted by atomic mass is 15.3. The molecular formula is C11H15N3. The molecule has 1 heterocycles. The second kappa shape index (κ2) is 4.28. The van der Waals surface area contributed by atoms with E-state index in [2.05, 4.69) is 11.2 Å². The van der Waals surface area contributed by atoms with Crippen LogP contribution in [-0.2, 0) is 6.42 Å². The molecule has 1 fully saturated rings. The Hall–Kier alpha value is -1.30. The molecule has 2 rings (SSSR count). The highest BCUT2D eigenvalue weighted by Crippen LogP contribution is 2.27. The van der Waals surface area contributed by atoms with Crippen molar-refractivity contribution in [1.82, 2.24) is 9.78 Å². The Morgan fingerprint density at radius 2 is 2.21 bits per heavy atom. The lowest BCUT2D eigenvalue weighted by molar-refractivity contribution is 0.329. The van der Waals surface area contributed by atoms with E-state index in [9.17, 15) is 0 Å². The van der Waals surface area contributed by atoms with Crippen LogP contribution in [0.1, 0.15) is 43.7 Å². The molecule has 1 aromatic rings. The Morgan fingerprint density at radius 3 is 2.93 bits per heavy atom. The zero-order chi connectivity index (χ0) is 9.80. The minimum absolute atomic E-state index is 0.479. The molecule has 74 valence electrons. The Balaban J connectivity index is 2.04. The van der Waals surface area contributed by atoms with Gasteiger partial charge < -0.3 is 0 Å². The van der Waals surface area contributed by atoms with Crippen molar-refractivity contribution < 1.29 is 0 Å². The van der Waals surface area contributed by atoms with Crippen molar-refractivity contribution in [3.05, 3.63) is 18.0 Å². The monoisotopic (exact) mass is 189 g/mol. The first-order valence-corrected chi connectivity index (χ1v) is 5.30. The average Bonchev–Trinajstić information content (AvgIpc) is 2.68. The third kappa shape index (κ3) is 1.95. The van der Waals surface area contributed by atoms with Crippen LogP contribution in [0.2, 0.25) is 0 Å². The summed E-state index contributed by atoms with van der Waals surface area (Å²) >= 11 is 0. The fraction of sp³-hybridized carbons (Fsp3) is 0.636. The van der Waals surface area contributed by atoms with E-state index in [4.69, 9.17) is 5.26 Å². The maximum absolute atomic E-state index is 8.55. The summed E-state index contributed by atoms with van der Waals surface area (Å²) < 4.78 is 2.05. The van der Waals surface area contributed by atoms with E-state index >= 15 is 0 Å². The van der Waals surface area contributed by atoms with Crippen molar-refractivity contribution in [2.24, 2.45) is 0 Å². The maximum atomic E-state index is 8.55. The van der Waals surface area contributed by atoms with E-state index in [0.717, 1.165) is 5.56 Å². The molecule has 1 aliphatic carbocycles. The van der Waals surface area contributed by atoms with E-state index in [-0.39, 0.29) is 0 Å². The molecule has 0 aromatic carbocycles. The molecule has 0 saturated heterocycles. The largest absolute Gasteiger partial charge is 0.269 e. The SMILES string of the molecule is N#CCc1cnn(C2CCCCC2)c1. The summed E-state index contributed by atoms with van der Waals surface area (Å²) in [5.74, 6) is 0. The molecule has 0 aliphatic heterocycles. The van der Waals surface area contributed by atoms with Gasteiger partial charge in [-0.2, -0.15) is 10.4 Å². The van der Waals surface area contributed by atoms with Gasteiger partial charge in [-0.3, -0.25) is 4.68 Å². The van der Waals surface area contributed by atoms with Crippen LogP contribution in [0.4, 0.5) is 0 Å². The van der Waals surface area contributed by atoms with E-state index in [1.807, 2.05) is 17.1 Å². The fourth-order valence-electron chi connectivity index (χ4n) is 2.11. The second-order valence-electron chi connectivity index (χ2n) is 3.96.